The zero-order chi connectivity index (χ0) is 41.3. The second-order valence-electron chi connectivity index (χ2n) is 19.2. The molecular weight excluding hydrogens is 715 g/mol. The highest BCUT2D eigenvalue weighted by Gasteiger charge is 2.26. The van der Waals surface area contributed by atoms with Crippen LogP contribution in [0.5, 0.6) is 0 Å². The highest BCUT2D eigenvalue weighted by atomic mass is 15.1. The minimum absolute atomic E-state index is 0.0242. The molecule has 7 aromatic carbocycles. The maximum atomic E-state index is 5.77. The lowest BCUT2D eigenvalue weighted by atomic mass is 9.79. The van der Waals surface area contributed by atoms with Gasteiger partial charge in [-0.2, -0.15) is 0 Å². The first-order valence-corrected chi connectivity index (χ1v) is 20.9. The third-order valence-corrected chi connectivity index (χ3v) is 11.8. The normalized spacial score (nSPS) is 12.5. The lowest BCUT2D eigenvalue weighted by molar-refractivity contribution is 0.569. The Morgan fingerprint density at radius 3 is 1.63 bits per heavy atom. The Labute approximate surface area is 349 Å². The largest absolute Gasteiger partial charge is 0.292 e. The third-order valence-electron chi connectivity index (χ3n) is 11.8. The molecule has 9 aromatic rings. The van der Waals surface area contributed by atoms with Gasteiger partial charge >= 0.3 is 0 Å². The molecule has 0 aliphatic carbocycles. The van der Waals surface area contributed by atoms with Gasteiger partial charge in [-0.3, -0.25) is 4.57 Å². The van der Waals surface area contributed by atoms with E-state index in [1.807, 2.05) is 0 Å². The SMILES string of the molecule is CC(C)(C)c1cc(-c2nc3c4c(ccc5ccc(-c6cccc(-c7ccccc7)c6)nc54)ccc3n2-c2ccc(C(C)(C)C)cc2-c2ccccc2)cc(C(C)(C)C)c1. The highest BCUT2D eigenvalue weighted by molar-refractivity contribution is 6.18. The van der Waals surface area contributed by atoms with Crippen LogP contribution in [-0.2, 0) is 16.2 Å². The molecule has 2 aromatic heterocycles. The molecule has 0 atom stereocenters. The number of imidazole rings is 1. The molecule has 0 fully saturated rings. The molecule has 0 N–H and O–H groups in total. The molecule has 0 aliphatic heterocycles. The van der Waals surface area contributed by atoms with E-state index in [0.29, 0.717) is 0 Å². The topological polar surface area (TPSA) is 30.7 Å². The summed E-state index contributed by atoms with van der Waals surface area (Å²) in [6, 6.07) is 57.5. The number of benzene rings is 7. The molecule has 292 valence electrons. The van der Waals surface area contributed by atoms with Gasteiger partial charge in [-0.25, -0.2) is 9.97 Å². The van der Waals surface area contributed by atoms with Crippen LogP contribution in [0, 0.1) is 0 Å². The van der Waals surface area contributed by atoms with Gasteiger partial charge in [0.1, 0.15) is 5.82 Å². The van der Waals surface area contributed by atoms with Gasteiger partial charge in [0.25, 0.3) is 0 Å². The van der Waals surface area contributed by atoms with Crippen LogP contribution in [0.1, 0.15) is 79.0 Å². The zero-order valence-corrected chi connectivity index (χ0v) is 35.9. The average Bonchev–Trinajstić information content (AvgIpc) is 3.62. The smallest absolute Gasteiger partial charge is 0.145 e. The lowest BCUT2D eigenvalue weighted by Gasteiger charge is -2.26. The van der Waals surface area contributed by atoms with Gasteiger partial charge in [-0.1, -0.05) is 178 Å². The van der Waals surface area contributed by atoms with Gasteiger partial charge < -0.3 is 0 Å². The van der Waals surface area contributed by atoms with Gasteiger partial charge in [0.05, 0.1) is 27.9 Å². The van der Waals surface area contributed by atoms with E-state index in [1.54, 1.807) is 0 Å². The van der Waals surface area contributed by atoms with Crippen molar-refractivity contribution in [3.8, 4) is 50.6 Å². The number of fused-ring (bicyclic) bond motifs is 5. The summed E-state index contributed by atoms with van der Waals surface area (Å²) in [4.78, 5) is 11.3. The van der Waals surface area contributed by atoms with E-state index in [9.17, 15) is 0 Å². The summed E-state index contributed by atoms with van der Waals surface area (Å²) in [5.74, 6) is 0.925. The molecule has 0 saturated carbocycles. The summed E-state index contributed by atoms with van der Waals surface area (Å²) in [7, 11) is 0. The van der Waals surface area contributed by atoms with Crippen molar-refractivity contribution in [2.45, 2.75) is 78.6 Å². The Kier molecular flexibility index (Phi) is 9.20. The van der Waals surface area contributed by atoms with Crippen molar-refractivity contribution >= 4 is 32.7 Å². The van der Waals surface area contributed by atoms with Crippen molar-refractivity contribution in [1.82, 2.24) is 14.5 Å². The van der Waals surface area contributed by atoms with Gasteiger partial charge in [0.15, 0.2) is 0 Å². The fraction of sp³-hybridized carbons (Fsp3) is 0.214. The summed E-state index contributed by atoms with van der Waals surface area (Å²) < 4.78 is 2.42. The summed E-state index contributed by atoms with van der Waals surface area (Å²) in [6.07, 6.45) is 0. The first-order chi connectivity index (χ1) is 28.1. The number of aromatic nitrogens is 3. The van der Waals surface area contributed by atoms with Crippen LogP contribution >= 0.6 is 0 Å². The highest BCUT2D eigenvalue weighted by Crippen LogP contribution is 2.42. The molecule has 0 saturated heterocycles. The van der Waals surface area contributed by atoms with Gasteiger partial charge in [-0.15, -0.1) is 0 Å². The van der Waals surface area contributed by atoms with Gasteiger partial charge in [-0.05, 0) is 97.5 Å². The van der Waals surface area contributed by atoms with E-state index in [1.165, 1.54) is 38.9 Å². The first-order valence-electron chi connectivity index (χ1n) is 20.9. The van der Waals surface area contributed by atoms with Crippen LogP contribution in [0.2, 0.25) is 0 Å². The summed E-state index contributed by atoms with van der Waals surface area (Å²) >= 11 is 0. The number of hydrogen-bond acceptors (Lipinski definition) is 2. The van der Waals surface area contributed by atoms with Crippen molar-refractivity contribution in [2.75, 3.05) is 0 Å². The van der Waals surface area contributed by atoms with Crippen LogP contribution in [-0.4, -0.2) is 14.5 Å². The second-order valence-corrected chi connectivity index (χ2v) is 19.2. The first kappa shape index (κ1) is 38.2. The molecular formula is C56H53N3. The maximum Gasteiger partial charge on any atom is 0.145 e. The molecule has 2 heterocycles. The van der Waals surface area contributed by atoms with Crippen molar-refractivity contribution in [1.29, 1.82) is 0 Å². The molecule has 59 heavy (non-hydrogen) atoms. The summed E-state index contributed by atoms with van der Waals surface area (Å²) in [5, 5.41) is 3.28. The van der Waals surface area contributed by atoms with E-state index in [2.05, 4.69) is 225 Å². The van der Waals surface area contributed by atoms with E-state index in [-0.39, 0.29) is 16.2 Å². The summed E-state index contributed by atoms with van der Waals surface area (Å²) in [6.45, 7) is 20.7. The fourth-order valence-electron chi connectivity index (χ4n) is 8.29. The predicted molar refractivity (Wildman–Crippen MR) is 252 cm³/mol. The molecule has 0 spiro atoms. The molecule has 0 amide bonds. The average molecular weight is 768 g/mol. The molecule has 0 unspecified atom stereocenters. The standard InChI is InChI=1S/C56H53N3/c1-54(2,3)43-27-30-48(46(35-43)37-19-14-11-15-20-37)59-49-29-26-38-23-24-39-25-28-47(41-22-16-21-40(31-41)36-17-12-10-13-18-36)57-51(39)50(38)52(49)58-53(59)42-32-44(55(4,5)6)34-45(33-42)56(7,8)9/h10-35H,1-9H3. The van der Waals surface area contributed by atoms with Crippen LogP contribution in [0.15, 0.2) is 158 Å². The minimum atomic E-state index is -0.0581. The van der Waals surface area contributed by atoms with Gasteiger partial charge in [0.2, 0.25) is 0 Å². The number of rotatable bonds is 5. The lowest BCUT2D eigenvalue weighted by Crippen LogP contribution is -2.17. The van der Waals surface area contributed by atoms with Crippen LogP contribution in [0.3, 0.4) is 0 Å². The van der Waals surface area contributed by atoms with Crippen molar-refractivity contribution < 1.29 is 0 Å². The molecule has 0 radical (unpaired) electrons. The Hall–Kier alpha value is -6.32. The van der Waals surface area contributed by atoms with E-state index >= 15 is 0 Å². The fourth-order valence-corrected chi connectivity index (χ4v) is 8.29. The van der Waals surface area contributed by atoms with E-state index < -0.39 is 0 Å². The number of pyridine rings is 1. The Bertz CT molecular complexity index is 2990. The molecule has 3 nitrogen and oxygen atoms in total. The molecule has 0 bridgehead atoms. The quantitative estimate of drug-likeness (QED) is 0.163. The second kappa shape index (κ2) is 14.2. The van der Waals surface area contributed by atoms with Crippen molar-refractivity contribution in [3.05, 3.63) is 174 Å². The minimum Gasteiger partial charge on any atom is -0.292 e. The number of nitrogens with zero attached hydrogens (tertiary/aromatic N) is 3. The molecule has 3 heteroatoms. The Balaban J connectivity index is 1.38. The zero-order valence-electron chi connectivity index (χ0n) is 35.9. The van der Waals surface area contributed by atoms with Gasteiger partial charge in [0, 0.05) is 27.5 Å². The molecule has 9 rings (SSSR count). The molecule has 0 aliphatic rings. The third kappa shape index (κ3) is 7.14. The van der Waals surface area contributed by atoms with Crippen LogP contribution in [0.25, 0.3) is 83.3 Å². The predicted octanol–water partition coefficient (Wildman–Crippen LogP) is 15.3. The summed E-state index contributed by atoms with van der Waals surface area (Å²) in [5.41, 5.74) is 15.7. The van der Waals surface area contributed by atoms with E-state index in [4.69, 9.17) is 9.97 Å². The Morgan fingerprint density at radius 1 is 0.390 bits per heavy atom. The van der Waals surface area contributed by atoms with Crippen LogP contribution in [0.4, 0.5) is 0 Å². The monoisotopic (exact) mass is 767 g/mol. The number of hydrogen-bond donors (Lipinski definition) is 0. The maximum absolute atomic E-state index is 5.77. The Morgan fingerprint density at radius 2 is 0.966 bits per heavy atom. The van der Waals surface area contributed by atoms with Crippen LogP contribution < -0.4 is 0 Å². The van der Waals surface area contributed by atoms with E-state index in [0.717, 1.165) is 61.0 Å². The van der Waals surface area contributed by atoms with Crippen molar-refractivity contribution in [2.24, 2.45) is 0 Å². The van der Waals surface area contributed by atoms with Crippen molar-refractivity contribution in [3.63, 3.8) is 0 Å².